The third kappa shape index (κ3) is 6.10. The van der Waals surface area contributed by atoms with Crippen LogP contribution in [0.15, 0.2) is 84.1 Å². The monoisotopic (exact) mass is 565 g/mol. The minimum Gasteiger partial charge on any atom is -0.463 e. The van der Waals surface area contributed by atoms with Gasteiger partial charge in [-0.1, -0.05) is 60.2 Å². The number of anilines is 1. The average Bonchev–Trinajstić information content (AvgIpc) is 2.99. The first-order valence-corrected chi connectivity index (χ1v) is 14.7. The predicted octanol–water partition coefficient (Wildman–Crippen LogP) is 5.62. The number of hydrogen-bond acceptors (Lipinski definition) is 5. The summed E-state index contributed by atoms with van der Waals surface area (Å²) in [6, 6.07) is 23.8. The molecule has 0 aromatic heterocycles. The van der Waals surface area contributed by atoms with Gasteiger partial charge in [-0.3, -0.25) is 9.59 Å². The Hall–Kier alpha value is -4.39. The Bertz CT molecular complexity index is 1520. The van der Waals surface area contributed by atoms with Gasteiger partial charge in [0.15, 0.2) is 0 Å². The van der Waals surface area contributed by atoms with Crippen molar-refractivity contribution < 1.29 is 19.1 Å². The van der Waals surface area contributed by atoms with Gasteiger partial charge in [-0.05, 0) is 62.6 Å². The highest BCUT2D eigenvalue weighted by Crippen LogP contribution is 2.38. The van der Waals surface area contributed by atoms with Crippen LogP contribution < -0.4 is 4.90 Å². The second-order valence-electron chi connectivity index (χ2n) is 11.1. The van der Waals surface area contributed by atoms with E-state index in [0.717, 1.165) is 29.8 Å². The summed E-state index contributed by atoms with van der Waals surface area (Å²) in [5, 5.41) is 0. The molecule has 0 aliphatic carbocycles. The lowest BCUT2D eigenvalue weighted by atomic mass is 9.83. The molecule has 42 heavy (non-hydrogen) atoms. The molecule has 1 fully saturated rings. The van der Waals surface area contributed by atoms with Gasteiger partial charge < -0.3 is 19.4 Å². The number of carbonyl (C=O) groups excluding carboxylic acids is 3. The molecular formula is C35H39N3O4. The molecule has 7 heteroatoms. The number of allylic oxidation sites excluding steroid dienone is 1. The topological polar surface area (TPSA) is 70.2 Å². The second kappa shape index (κ2) is 12.6. The average molecular weight is 566 g/mol. The highest BCUT2D eigenvalue weighted by atomic mass is 16.5. The fourth-order valence-electron chi connectivity index (χ4n) is 6.08. The van der Waals surface area contributed by atoms with Gasteiger partial charge in [-0.2, -0.15) is 0 Å². The maximum Gasteiger partial charge on any atom is 0.336 e. The molecule has 0 bridgehead atoms. The van der Waals surface area contributed by atoms with Crippen LogP contribution in [-0.4, -0.2) is 60.4 Å². The lowest BCUT2D eigenvalue weighted by Gasteiger charge is -2.37. The molecule has 0 saturated carbocycles. The van der Waals surface area contributed by atoms with Crippen LogP contribution in [0.1, 0.15) is 58.8 Å². The molecule has 5 rings (SSSR count). The van der Waals surface area contributed by atoms with E-state index in [2.05, 4.69) is 24.0 Å². The van der Waals surface area contributed by atoms with Crippen molar-refractivity contribution in [3.8, 4) is 0 Å². The van der Waals surface area contributed by atoms with Crippen molar-refractivity contribution in [2.24, 2.45) is 0 Å². The Morgan fingerprint density at radius 1 is 0.881 bits per heavy atom. The van der Waals surface area contributed by atoms with E-state index in [-0.39, 0.29) is 37.3 Å². The van der Waals surface area contributed by atoms with Crippen molar-refractivity contribution in [1.82, 2.24) is 9.80 Å². The van der Waals surface area contributed by atoms with Crippen LogP contribution >= 0.6 is 0 Å². The van der Waals surface area contributed by atoms with Gasteiger partial charge in [0.2, 0.25) is 5.91 Å². The summed E-state index contributed by atoms with van der Waals surface area (Å²) in [5.74, 6) is -0.826. The zero-order chi connectivity index (χ0) is 29.8. The second-order valence-corrected chi connectivity index (χ2v) is 11.1. The van der Waals surface area contributed by atoms with Crippen molar-refractivity contribution in [3.63, 3.8) is 0 Å². The molecule has 2 amide bonds. The summed E-state index contributed by atoms with van der Waals surface area (Å²) < 4.78 is 5.44. The summed E-state index contributed by atoms with van der Waals surface area (Å²) in [6.45, 7) is 11.1. The Kier molecular flexibility index (Phi) is 8.76. The number of para-hydroxylation sites is 1. The van der Waals surface area contributed by atoms with E-state index in [1.165, 1.54) is 11.3 Å². The number of benzene rings is 3. The van der Waals surface area contributed by atoms with Crippen molar-refractivity contribution in [2.45, 2.75) is 46.6 Å². The molecule has 1 atom stereocenters. The molecule has 1 saturated heterocycles. The summed E-state index contributed by atoms with van der Waals surface area (Å²) in [5.41, 5.74) is 7.00. The zero-order valence-corrected chi connectivity index (χ0v) is 24.9. The molecule has 2 aliphatic heterocycles. The molecule has 218 valence electrons. The van der Waals surface area contributed by atoms with Crippen LogP contribution in [0.5, 0.6) is 0 Å². The SMILES string of the molecule is CCOC(=O)C1=C(C)N(Cc2cccc(C(=O)N3CCN(c4ccccc4C)CC3)c2)C(=O)CC1c1cccc(C)c1. The van der Waals surface area contributed by atoms with Gasteiger partial charge in [0.25, 0.3) is 5.91 Å². The summed E-state index contributed by atoms with van der Waals surface area (Å²) in [6.07, 6.45) is 0.179. The third-order valence-corrected chi connectivity index (χ3v) is 8.30. The summed E-state index contributed by atoms with van der Waals surface area (Å²) >= 11 is 0. The normalized spacial score (nSPS) is 17.5. The number of hydrogen-bond donors (Lipinski definition) is 0. The van der Waals surface area contributed by atoms with E-state index in [4.69, 9.17) is 4.74 Å². The molecule has 3 aromatic carbocycles. The summed E-state index contributed by atoms with van der Waals surface area (Å²) in [4.78, 5) is 46.0. The first-order chi connectivity index (χ1) is 20.3. The van der Waals surface area contributed by atoms with E-state index in [1.54, 1.807) is 11.8 Å². The molecule has 0 N–H and O–H groups in total. The molecule has 1 unspecified atom stereocenters. The van der Waals surface area contributed by atoms with Crippen LogP contribution in [-0.2, 0) is 20.9 Å². The van der Waals surface area contributed by atoms with E-state index in [9.17, 15) is 14.4 Å². The number of rotatable bonds is 7. The number of esters is 1. The smallest absolute Gasteiger partial charge is 0.336 e. The highest BCUT2D eigenvalue weighted by molar-refractivity contribution is 5.96. The van der Waals surface area contributed by atoms with Crippen LogP contribution in [0, 0.1) is 13.8 Å². The Morgan fingerprint density at radius 2 is 1.62 bits per heavy atom. The number of piperazine rings is 1. The number of ether oxygens (including phenoxy) is 1. The van der Waals surface area contributed by atoms with Crippen molar-refractivity contribution in [3.05, 3.63) is 112 Å². The lowest BCUT2D eigenvalue weighted by molar-refractivity contribution is -0.140. The highest BCUT2D eigenvalue weighted by Gasteiger charge is 2.37. The van der Waals surface area contributed by atoms with Gasteiger partial charge in [0.05, 0.1) is 18.7 Å². The van der Waals surface area contributed by atoms with Crippen molar-refractivity contribution in [1.29, 1.82) is 0 Å². The number of nitrogens with zero attached hydrogens (tertiary/aromatic N) is 3. The van der Waals surface area contributed by atoms with Crippen LogP contribution in [0.25, 0.3) is 0 Å². The van der Waals surface area contributed by atoms with Gasteiger partial charge in [-0.25, -0.2) is 4.79 Å². The quantitative estimate of drug-likeness (QED) is 0.348. The van der Waals surface area contributed by atoms with Gasteiger partial charge >= 0.3 is 5.97 Å². The first kappa shape index (κ1) is 29.1. The standard InChI is InChI=1S/C35H39N3O4/c1-5-42-35(41)33-26(4)38(32(39)22-30(33)28-13-8-10-24(2)20-28)23-27-12-9-14-29(21-27)34(40)37-18-16-36(17-19-37)31-15-7-6-11-25(31)3/h6-15,20-21,30H,5,16-19,22-23H2,1-4H3. The van der Waals surface area contributed by atoms with Gasteiger partial charge in [-0.15, -0.1) is 0 Å². The Morgan fingerprint density at radius 3 is 2.33 bits per heavy atom. The van der Waals surface area contributed by atoms with E-state index >= 15 is 0 Å². The number of carbonyl (C=O) groups is 3. The van der Waals surface area contributed by atoms with Crippen LogP contribution in [0.2, 0.25) is 0 Å². The fourth-order valence-corrected chi connectivity index (χ4v) is 6.08. The molecule has 0 radical (unpaired) electrons. The van der Waals surface area contributed by atoms with Gasteiger partial charge in [0, 0.05) is 55.5 Å². The van der Waals surface area contributed by atoms with E-state index in [0.29, 0.717) is 29.9 Å². The van der Waals surface area contributed by atoms with Crippen LogP contribution in [0.3, 0.4) is 0 Å². The van der Waals surface area contributed by atoms with Gasteiger partial charge in [0.1, 0.15) is 0 Å². The van der Waals surface area contributed by atoms with E-state index < -0.39 is 5.97 Å². The molecule has 2 heterocycles. The Labute approximate surface area is 248 Å². The minimum atomic E-state index is -0.396. The maximum atomic E-state index is 13.5. The lowest BCUT2D eigenvalue weighted by Crippen LogP contribution is -2.49. The number of amides is 2. The molecular weight excluding hydrogens is 526 g/mol. The van der Waals surface area contributed by atoms with Crippen molar-refractivity contribution in [2.75, 3.05) is 37.7 Å². The predicted molar refractivity (Wildman–Crippen MR) is 164 cm³/mol. The van der Waals surface area contributed by atoms with Crippen molar-refractivity contribution >= 4 is 23.5 Å². The van der Waals surface area contributed by atoms with E-state index in [1.807, 2.05) is 79.4 Å². The Balaban J connectivity index is 1.34. The zero-order valence-electron chi connectivity index (χ0n) is 24.9. The largest absolute Gasteiger partial charge is 0.463 e. The molecule has 0 spiro atoms. The minimum absolute atomic E-state index is 0.00903. The van der Waals surface area contributed by atoms with Crippen LogP contribution in [0.4, 0.5) is 5.69 Å². The first-order valence-electron chi connectivity index (χ1n) is 14.7. The molecule has 2 aliphatic rings. The fraction of sp³-hybridized carbons (Fsp3) is 0.343. The third-order valence-electron chi connectivity index (χ3n) is 8.30. The molecule has 3 aromatic rings. The maximum absolute atomic E-state index is 13.5. The summed E-state index contributed by atoms with van der Waals surface area (Å²) in [7, 11) is 0. The number of aryl methyl sites for hydroxylation is 2. The molecule has 7 nitrogen and oxygen atoms in total.